The zero-order valence-corrected chi connectivity index (χ0v) is 33.8. The van der Waals surface area contributed by atoms with Crippen molar-refractivity contribution >= 4 is 52.2 Å². The summed E-state index contributed by atoms with van der Waals surface area (Å²) in [5.41, 5.74) is 0.262. The van der Waals surface area contributed by atoms with Crippen LogP contribution in [0.5, 0.6) is 5.75 Å². The molecular formula is C43H46F3N7O5S. The van der Waals surface area contributed by atoms with Crippen molar-refractivity contribution in [3.05, 3.63) is 82.7 Å². The Kier molecular flexibility index (Phi) is 12.2. The number of piperazine rings is 1. The number of Topliss-reactive ketones (excluding diaryl/α,β-unsaturated/α-hetero) is 1. The minimum absolute atomic E-state index is 0.0521. The summed E-state index contributed by atoms with van der Waals surface area (Å²) in [6, 6.07) is 15.8. The van der Waals surface area contributed by atoms with E-state index in [0.717, 1.165) is 59.9 Å². The molecule has 1 saturated carbocycles. The number of alkyl halides is 3. The molecule has 0 radical (unpaired) electrons. The number of pyridine rings is 1. The largest absolute Gasteiger partial charge is 0.492 e. The highest BCUT2D eigenvalue weighted by Gasteiger charge is 2.60. The molecule has 1 N–H and O–H groups in total. The number of imide groups is 1. The number of anilines is 2. The van der Waals surface area contributed by atoms with Gasteiger partial charge in [-0.05, 0) is 98.6 Å². The first kappa shape index (κ1) is 41.9. The van der Waals surface area contributed by atoms with Crippen molar-refractivity contribution in [2.75, 3.05) is 49.1 Å². The summed E-state index contributed by atoms with van der Waals surface area (Å²) in [6.07, 6.45) is 0.297. The Morgan fingerprint density at radius 2 is 1.86 bits per heavy atom. The molecule has 2 atom stereocenters. The molecule has 4 heterocycles. The maximum Gasteiger partial charge on any atom is 0.419 e. The zero-order chi connectivity index (χ0) is 42.1. The van der Waals surface area contributed by atoms with Gasteiger partial charge in [-0.1, -0.05) is 31.2 Å². The predicted molar refractivity (Wildman–Crippen MR) is 217 cm³/mol. The maximum atomic E-state index is 13.9. The molecule has 4 aliphatic rings. The average molecular weight is 830 g/mol. The lowest BCUT2D eigenvalue weighted by atomic mass is 9.75. The summed E-state index contributed by atoms with van der Waals surface area (Å²) in [4.78, 5) is 61.9. The number of ether oxygens (including phenoxy) is 1. The fraction of sp³-hybridized carbons (Fsp3) is 0.465. The van der Waals surface area contributed by atoms with Crippen molar-refractivity contribution < 1.29 is 37.1 Å². The highest BCUT2D eigenvalue weighted by molar-refractivity contribution is 7.81. The van der Waals surface area contributed by atoms with Crippen LogP contribution in [0.3, 0.4) is 0 Å². The zero-order valence-electron chi connectivity index (χ0n) is 33.0. The second kappa shape index (κ2) is 17.2. The van der Waals surface area contributed by atoms with Gasteiger partial charge in [0.05, 0.1) is 24.0 Å². The van der Waals surface area contributed by atoms with Gasteiger partial charge in [0, 0.05) is 56.7 Å². The van der Waals surface area contributed by atoms with Crippen LogP contribution in [0.25, 0.3) is 0 Å². The second-order valence-electron chi connectivity index (χ2n) is 15.8. The van der Waals surface area contributed by atoms with Gasteiger partial charge in [0.2, 0.25) is 11.8 Å². The number of carbonyl (C=O) groups is 4. The molecule has 3 aliphatic heterocycles. The summed E-state index contributed by atoms with van der Waals surface area (Å²) < 4.78 is 47.7. The van der Waals surface area contributed by atoms with Crippen LogP contribution < -0.4 is 19.9 Å². The molecule has 16 heteroatoms. The van der Waals surface area contributed by atoms with Crippen LogP contribution in [0.1, 0.15) is 73.9 Å². The molecule has 2 aromatic carbocycles. The molecule has 7 rings (SSSR count). The van der Waals surface area contributed by atoms with Gasteiger partial charge in [0.25, 0.3) is 5.91 Å². The van der Waals surface area contributed by atoms with E-state index in [1.54, 1.807) is 4.90 Å². The number of thiocarbonyl (C=S) groups is 1. The Balaban J connectivity index is 0.925. The van der Waals surface area contributed by atoms with E-state index in [9.17, 15) is 37.6 Å². The number of halogens is 3. The van der Waals surface area contributed by atoms with Crippen molar-refractivity contribution in [2.24, 2.45) is 5.92 Å². The third kappa shape index (κ3) is 8.73. The van der Waals surface area contributed by atoms with Crippen LogP contribution in [0.15, 0.2) is 54.7 Å². The van der Waals surface area contributed by atoms with Gasteiger partial charge in [-0.25, -0.2) is 4.98 Å². The topological polar surface area (TPSA) is 139 Å². The Labute approximate surface area is 346 Å². The van der Waals surface area contributed by atoms with Crippen LogP contribution in [0.2, 0.25) is 0 Å². The van der Waals surface area contributed by atoms with Crippen molar-refractivity contribution in [3.63, 3.8) is 0 Å². The molecule has 1 unspecified atom stereocenters. The lowest BCUT2D eigenvalue weighted by molar-refractivity contribution is -0.138. The van der Waals surface area contributed by atoms with Crippen LogP contribution in [0, 0.1) is 17.2 Å². The molecule has 3 aromatic rings. The fourth-order valence-electron chi connectivity index (χ4n) is 8.60. The van der Waals surface area contributed by atoms with E-state index in [1.165, 1.54) is 6.07 Å². The van der Waals surface area contributed by atoms with Gasteiger partial charge in [0.15, 0.2) is 16.6 Å². The first-order valence-corrected chi connectivity index (χ1v) is 20.4. The normalized spacial score (nSPS) is 21.1. The number of aromatic nitrogens is 1. The molecule has 59 heavy (non-hydrogen) atoms. The standard InChI is InChI=1S/C43H46F3N7O5S/c1-3-30-21-32(53-41(59)52(40(57)42(53)12-5-13-42)33-22-35(43(44,45)46)36(23-47)48-24-33)9-10-37(30)58-17-16-50-14-15-51(27(2)25-50)26-34(54)20-29-7-4-6-28(18-29)19-31-8-11-38(55)49-39(31)56/h4,6-7,9-10,18,21-22,24,27,31H,3,5,8,11-17,19-20,25-26H2,1-2H3,(H,49,55,56)/t27-,31?/m1/s1. The van der Waals surface area contributed by atoms with E-state index in [4.69, 9.17) is 17.0 Å². The first-order chi connectivity index (χ1) is 28.2. The fourth-order valence-corrected chi connectivity index (χ4v) is 9.07. The molecule has 1 aromatic heterocycles. The summed E-state index contributed by atoms with van der Waals surface area (Å²) in [5, 5.41) is 11.7. The lowest BCUT2D eigenvalue weighted by Gasteiger charge is -2.43. The van der Waals surface area contributed by atoms with Gasteiger partial charge in [-0.15, -0.1) is 0 Å². The van der Waals surface area contributed by atoms with Crippen molar-refractivity contribution in [2.45, 2.75) is 83.0 Å². The van der Waals surface area contributed by atoms with Crippen molar-refractivity contribution in [1.82, 2.24) is 20.1 Å². The van der Waals surface area contributed by atoms with Gasteiger partial charge in [-0.2, -0.15) is 18.4 Å². The quantitative estimate of drug-likeness (QED) is 0.175. The maximum absolute atomic E-state index is 13.9. The van der Waals surface area contributed by atoms with Crippen molar-refractivity contribution in [1.29, 1.82) is 5.26 Å². The van der Waals surface area contributed by atoms with E-state index < -0.39 is 28.9 Å². The highest BCUT2D eigenvalue weighted by Crippen LogP contribution is 2.49. The number of carbonyl (C=O) groups excluding carboxylic acids is 4. The van der Waals surface area contributed by atoms with E-state index >= 15 is 0 Å². The van der Waals surface area contributed by atoms with Crippen LogP contribution in [-0.4, -0.2) is 94.3 Å². The number of benzene rings is 2. The minimum atomic E-state index is -4.84. The van der Waals surface area contributed by atoms with Crippen LogP contribution in [-0.2, 0) is 44.6 Å². The number of rotatable bonds is 13. The average Bonchev–Trinajstić information content (AvgIpc) is 3.42. The smallest absolute Gasteiger partial charge is 0.419 e. The molecule has 0 bridgehead atoms. The Bertz CT molecular complexity index is 2210. The van der Waals surface area contributed by atoms with E-state index in [2.05, 4.69) is 27.0 Å². The molecule has 4 fully saturated rings. The van der Waals surface area contributed by atoms with Gasteiger partial charge in [0.1, 0.15) is 24.0 Å². The summed E-state index contributed by atoms with van der Waals surface area (Å²) in [6.45, 7) is 7.85. The highest BCUT2D eigenvalue weighted by atomic mass is 32.1. The number of hydrogen-bond acceptors (Lipinski definition) is 10. The Morgan fingerprint density at radius 3 is 2.54 bits per heavy atom. The number of nitriles is 1. The first-order valence-electron chi connectivity index (χ1n) is 20.0. The Hall–Kier alpha value is -5.24. The number of hydrogen-bond donors (Lipinski definition) is 1. The molecule has 12 nitrogen and oxygen atoms in total. The van der Waals surface area contributed by atoms with Gasteiger partial charge in [-0.3, -0.25) is 39.2 Å². The SMILES string of the molecule is CCc1cc(N2C(=S)N(c3cnc(C#N)c(C(F)(F)F)c3)C(=O)C23CCC3)ccc1OCCN1CCN(CC(=O)Cc2cccc(CC3CCC(=O)NC3=O)c2)[C@H](C)C1. The number of amides is 3. The number of ketones is 1. The minimum Gasteiger partial charge on any atom is -0.492 e. The van der Waals surface area contributed by atoms with E-state index in [-0.39, 0.29) is 40.4 Å². The van der Waals surface area contributed by atoms with Gasteiger partial charge >= 0.3 is 6.18 Å². The molecule has 3 saturated heterocycles. The van der Waals surface area contributed by atoms with Crippen LogP contribution in [0.4, 0.5) is 24.5 Å². The molecule has 1 spiro atoms. The Morgan fingerprint density at radius 1 is 1.08 bits per heavy atom. The van der Waals surface area contributed by atoms with E-state index in [0.29, 0.717) is 76.1 Å². The predicted octanol–water partition coefficient (Wildman–Crippen LogP) is 5.39. The summed E-state index contributed by atoms with van der Waals surface area (Å²) in [5.74, 6) is -0.318. The molecule has 310 valence electrons. The number of nitrogens with zero attached hydrogens (tertiary/aromatic N) is 6. The van der Waals surface area contributed by atoms with E-state index in [1.807, 2.05) is 49.4 Å². The number of nitrogens with one attached hydrogen (secondary N) is 1. The third-order valence-electron chi connectivity index (χ3n) is 11.9. The molecular weight excluding hydrogens is 784 g/mol. The van der Waals surface area contributed by atoms with Crippen molar-refractivity contribution in [3.8, 4) is 11.8 Å². The number of piperidine rings is 1. The number of aryl methyl sites for hydroxylation is 1. The lowest BCUT2D eigenvalue weighted by Crippen LogP contribution is -2.55. The third-order valence-corrected chi connectivity index (χ3v) is 12.3. The van der Waals surface area contributed by atoms with Gasteiger partial charge < -0.3 is 9.64 Å². The summed E-state index contributed by atoms with van der Waals surface area (Å²) >= 11 is 5.79. The summed E-state index contributed by atoms with van der Waals surface area (Å²) in [7, 11) is 0. The molecule has 3 amide bonds. The second-order valence-corrected chi connectivity index (χ2v) is 16.2. The van der Waals surface area contributed by atoms with Crippen LogP contribution >= 0.6 is 12.2 Å². The monoisotopic (exact) mass is 829 g/mol. The molecule has 1 aliphatic carbocycles.